The highest BCUT2D eigenvalue weighted by Gasteiger charge is 2.15. The lowest BCUT2D eigenvalue weighted by Gasteiger charge is -2.17. The molecule has 0 aliphatic rings. The van der Waals surface area contributed by atoms with Crippen molar-refractivity contribution in [3.63, 3.8) is 0 Å². The molecule has 21 heavy (non-hydrogen) atoms. The van der Waals surface area contributed by atoms with Crippen LogP contribution in [0.5, 0.6) is 0 Å². The molecule has 3 N–H and O–H groups in total. The number of nitrogens with one attached hydrogen (secondary N) is 1. The molecule has 2 aromatic rings. The number of aryl methyl sites for hydroxylation is 1. The molecule has 2 rings (SSSR count). The summed E-state index contributed by atoms with van der Waals surface area (Å²) in [6.07, 6.45) is 2.38. The number of benzene rings is 1. The van der Waals surface area contributed by atoms with Gasteiger partial charge in [0.25, 0.3) is 0 Å². The quantitative estimate of drug-likeness (QED) is 0.467. The van der Waals surface area contributed by atoms with Crippen molar-refractivity contribution in [2.45, 2.75) is 44.2 Å². The summed E-state index contributed by atoms with van der Waals surface area (Å²) in [5.74, 6) is 7.56. The molecule has 0 radical (unpaired) electrons. The maximum atomic E-state index is 5.70. The predicted octanol–water partition coefficient (Wildman–Crippen LogP) is 2.33. The third kappa shape index (κ3) is 4.30. The van der Waals surface area contributed by atoms with Crippen LogP contribution >= 0.6 is 11.8 Å². The highest BCUT2D eigenvalue weighted by molar-refractivity contribution is 7.99. The summed E-state index contributed by atoms with van der Waals surface area (Å²) >= 11 is 1.82. The second-order valence-corrected chi connectivity index (χ2v) is 6.42. The Morgan fingerprint density at radius 3 is 2.76 bits per heavy atom. The van der Waals surface area contributed by atoms with E-state index in [-0.39, 0.29) is 6.04 Å². The summed E-state index contributed by atoms with van der Waals surface area (Å²) in [6.45, 7) is 6.33. The topological polar surface area (TPSA) is 68.8 Å². The Morgan fingerprint density at radius 2 is 2.10 bits per heavy atom. The van der Waals surface area contributed by atoms with E-state index < -0.39 is 0 Å². The zero-order valence-electron chi connectivity index (χ0n) is 12.8. The fourth-order valence-electron chi connectivity index (χ4n) is 2.15. The third-order valence-corrected chi connectivity index (χ3v) is 4.67. The molecule has 1 heterocycles. The van der Waals surface area contributed by atoms with Crippen molar-refractivity contribution in [3.05, 3.63) is 42.0 Å². The van der Waals surface area contributed by atoms with Gasteiger partial charge in [-0.2, -0.15) is 5.10 Å². The van der Waals surface area contributed by atoms with Crippen LogP contribution in [-0.2, 0) is 6.42 Å². The van der Waals surface area contributed by atoms with Crippen LogP contribution in [0.15, 0.2) is 35.5 Å². The highest BCUT2D eigenvalue weighted by Crippen LogP contribution is 2.23. The fraction of sp³-hybridized carbons (Fsp3) is 0.467. The van der Waals surface area contributed by atoms with Gasteiger partial charge in [-0.3, -0.25) is 11.3 Å². The van der Waals surface area contributed by atoms with E-state index in [0.717, 1.165) is 18.0 Å². The van der Waals surface area contributed by atoms with E-state index in [2.05, 4.69) is 60.5 Å². The molecular weight excluding hydrogens is 282 g/mol. The van der Waals surface area contributed by atoms with Gasteiger partial charge < -0.3 is 0 Å². The second kappa shape index (κ2) is 7.59. The van der Waals surface area contributed by atoms with Crippen LogP contribution in [0.3, 0.4) is 0 Å². The Bertz CT molecular complexity index is 567. The lowest BCUT2D eigenvalue weighted by atomic mass is 10.2. The Morgan fingerprint density at radius 1 is 1.33 bits per heavy atom. The number of hydrazine groups is 1. The van der Waals surface area contributed by atoms with Crippen molar-refractivity contribution in [2.24, 2.45) is 5.84 Å². The van der Waals surface area contributed by atoms with E-state index in [9.17, 15) is 0 Å². The monoisotopic (exact) mass is 305 g/mol. The minimum Gasteiger partial charge on any atom is -0.271 e. The molecule has 0 bridgehead atoms. The largest absolute Gasteiger partial charge is 0.271 e. The van der Waals surface area contributed by atoms with Crippen molar-refractivity contribution >= 4 is 11.8 Å². The maximum Gasteiger partial charge on any atom is 0.138 e. The summed E-state index contributed by atoms with van der Waals surface area (Å²) in [4.78, 5) is 5.64. The van der Waals surface area contributed by atoms with Crippen LogP contribution in [0, 0.1) is 6.92 Å². The van der Waals surface area contributed by atoms with Gasteiger partial charge >= 0.3 is 0 Å². The highest BCUT2D eigenvalue weighted by atomic mass is 32.2. The third-order valence-electron chi connectivity index (χ3n) is 3.33. The molecule has 114 valence electrons. The van der Waals surface area contributed by atoms with E-state index in [1.807, 2.05) is 16.4 Å². The van der Waals surface area contributed by atoms with Gasteiger partial charge in [-0.1, -0.05) is 18.2 Å². The van der Waals surface area contributed by atoms with Crippen molar-refractivity contribution in [3.8, 4) is 0 Å². The van der Waals surface area contributed by atoms with Crippen LogP contribution in [0.4, 0.5) is 0 Å². The van der Waals surface area contributed by atoms with Crippen LogP contribution in [-0.4, -0.2) is 26.6 Å². The number of aromatic nitrogens is 3. The van der Waals surface area contributed by atoms with Crippen molar-refractivity contribution < 1.29 is 0 Å². The number of nitrogens with zero attached hydrogens (tertiary/aromatic N) is 3. The number of thioether (sulfide) groups is 1. The SMILES string of the molecule is Cc1ccccc1SCC(Cc1ncnn1C(C)C)NN. The molecule has 1 atom stereocenters. The molecule has 1 aromatic carbocycles. The Balaban J connectivity index is 1.97. The minimum atomic E-state index is 0.163. The van der Waals surface area contributed by atoms with E-state index in [0.29, 0.717) is 6.04 Å². The molecule has 1 unspecified atom stereocenters. The summed E-state index contributed by atoms with van der Waals surface area (Å²) in [6, 6.07) is 8.87. The standard InChI is InChI=1S/C15H23N5S/c1-11(2)20-15(17-10-18-20)8-13(19-16)9-21-14-7-5-4-6-12(14)3/h4-7,10-11,13,19H,8-9,16H2,1-3H3. The van der Waals surface area contributed by atoms with Gasteiger partial charge in [0.15, 0.2) is 0 Å². The Kier molecular flexibility index (Phi) is 5.78. The number of rotatable bonds is 7. The second-order valence-electron chi connectivity index (χ2n) is 5.36. The summed E-state index contributed by atoms with van der Waals surface area (Å²) in [5, 5.41) is 4.27. The van der Waals surface area contributed by atoms with Gasteiger partial charge in [-0.15, -0.1) is 11.8 Å². The molecule has 0 fully saturated rings. The first-order valence-corrected chi connectivity index (χ1v) is 8.13. The maximum absolute atomic E-state index is 5.70. The van der Waals surface area contributed by atoms with Crippen LogP contribution < -0.4 is 11.3 Å². The van der Waals surface area contributed by atoms with Crippen molar-refractivity contribution in [1.29, 1.82) is 0 Å². The first-order valence-electron chi connectivity index (χ1n) is 7.14. The smallest absolute Gasteiger partial charge is 0.138 e. The average Bonchev–Trinajstić information content (AvgIpc) is 2.93. The molecule has 0 aliphatic heterocycles. The number of hydrogen-bond donors (Lipinski definition) is 2. The molecule has 6 heteroatoms. The van der Waals surface area contributed by atoms with Gasteiger partial charge in [0, 0.05) is 29.2 Å². The summed E-state index contributed by atoms with van der Waals surface area (Å²) in [7, 11) is 0. The molecule has 0 saturated carbocycles. The first kappa shape index (κ1) is 16.0. The Hall–Kier alpha value is -1.37. The summed E-state index contributed by atoms with van der Waals surface area (Å²) in [5.41, 5.74) is 4.19. The van der Waals surface area contributed by atoms with Crippen LogP contribution in [0.25, 0.3) is 0 Å². The van der Waals surface area contributed by atoms with Crippen LogP contribution in [0.1, 0.15) is 31.3 Å². The van der Waals surface area contributed by atoms with Gasteiger partial charge in [-0.05, 0) is 32.4 Å². The number of nitrogens with two attached hydrogens (primary N) is 1. The normalized spacial score (nSPS) is 12.8. The average molecular weight is 305 g/mol. The molecule has 0 aliphatic carbocycles. The van der Waals surface area contributed by atoms with Crippen molar-refractivity contribution in [2.75, 3.05) is 5.75 Å². The molecule has 0 saturated heterocycles. The van der Waals surface area contributed by atoms with E-state index in [1.165, 1.54) is 10.5 Å². The van der Waals surface area contributed by atoms with Gasteiger partial charge in [0.1, 0.15) is 12.2 Å². The van der Waals surface area contributed by atoms with E-state index >= 15 is 0 Å². The zero-order valence-corrected chi connectivity index (χ0v) is 13.6. The Labute approximate surface area is 130 Å². The molecule has 0 spiro atoms. The van der Waals surface area contributed by atoms with Gasteiger partial charge in [0.2, 0.25) is 0 Å². The fourth-order valence-corrected chi connectivity index (χ4v) is 3.21. The lowest BCUT2D eigenvalue weighted by Crippen LogP contribution is -2.39. The predicted molar refractivity (Wildman–Crippen MR) is 87.1 cm³/mol. The molecular formula is C15H23N5S. The van der Waals surface area contributed by atoms with E-state index in [4.69, 9.17) is 5.84 Å². The molecule has 1 aromatic heterocycles. The van der Waals surface area contributed by atoms with Gasteiger partial charge in [0.05, 0.1) is 0 Å². The van der Waals surface area contributed by atoms with Crippen molar-refractivity contribution in [1.82, 2.24) is 20.2 Å². The summed E-state index contributed by atoms with van der Waals surface area (Å²) < 4.78 is 1.95. The lowest BCUT2D eigenvalue weighted by molar-refractivity contribution is 0.477. The van der Waals surface area contributed by atoms with E-state index in [1.54, 1.807) is 6.33 Å². The zero-order chi connectivity index (χ0) is 15.2. The minimum absolute atomic E-state index is 0.163. The van der Waals surface area contributed by atoms with Crippen LogP contribution in [0.2, 0.25) is 0 Å². The molecule has 5 nitrogen and oxygen atoms in total. The first-order chi connectivity index (χ1) is 10.1. The number of hydrogen-bond acceptors (Lipinski definition) is 5. The molecule has 0 amide bonds. The van der Waals surface area contributed by atoms with Gasteiger partial charge in [-0.25, -0.2) is 9.67 Å².